The Balaban J connectivity index is 1.75. The van der Waals surface area contributed by atoms with Crippen LogP contribution in [0.2, 0.25) is 0 Å². The molecule has 0 aliphatic heterocycles. The van der Waals surface area contributed by atoms with Gasteiger partial charge in [0, 0.05) is 17.3 Å². The van der Waals surface area contributed by atoms with E-state index >= 15 is 0 Å². The number of nitrogens with one attached hydrogen (secondary N) is 1. The van der Waals surface area contributed by atoms with Crippen LogP contribution in [0.15, 0.2) is 0 Å². The van der Waals surface area contributed by atoms with Crippen LogP contribution in [0.1, 0.15) is 58.8 Å². The van der Waals surface area contributed by atoms with Crippen LogP contribution in [-0.4, -0.2) is 23.1 Å². The van der Waals surface area contributed by atoms with Gasteiger partial charge in [-0.2, -0.15) is 11.8 Å². The number of hydrogen-bond acceptors (Lipinski definition) is 2. The van der Waals surface area contributed by atoms with Gasteiger partial charge in [0.1, 0.15) is 0 Å². The zero-order valence-electron chi connectivity index (χ0n) is 10.9. The highest BCUT2D eigenvalue weighted by Crippen LogP contribution is 2.32. The summed E-state index contributed by atoms with van der Waals surface area (Å²) in [5.74, 6) is 2.26. The maximum Gasteiger partial charge on any atom is 0.0201 e. The third-order valence-corrected chi connectivity index (χ3v) is 5.62. The van der Waals surface area contributed by atoms with Crippen LogP contribution >= 0.6 is 11.8 Å². The van der Waals surface area contributed by atoms with E-state index in [1.807, 2.05) is 0 Å². The van der Waals surface area contributed by atoms with Gasteiger partial charge in [-0.1, -0.05) is 20.3 Å². The SMILES string of the molecule is CCSC1CCCC1NC1CCC(C)CC1. The maximum atomic E-state index is 3.95. The summed E-state index contributed by atoms with van der Waals surface area (Å²) in [5, 5.41) is 4.86. The first-order valence-electron chi connectivity index (χ1n) is 7.17. The first-order valence-corrected chi connectivity index (χ1v) is 8.22. The minimum absolute atomic E-state index is 0.823. The van der Waals surface area contributed by atoms with E-state index in [9.17, 15) is 0 Å². The largest absolute Gasteiger partial charge is 0.310 e. The second-order valence-electron chi connectivity index (χ2n) is 5.65. The van der Waals surface area contributed by atoms with Gasteiger partial charge < -0.3 is 5.32 Å². The van der Waals surface area contributed by atoms with Crippen molar-refractivity contribution in [1.82, 2.24) is 5.32 Å². The fourth-order valence-corrected chi connectivity index (χ4v) is 4.47. The topological polar surface area (TPSA) is 12.0 Å². The predicted molar refractivity (Wildman–Crippen MR) is 74.1 cm³/mol. The van der Waals surface area contributed by atoms with Crippen molar-refractivity contribution >= 4 is 11.8 Å². The molecule has 0 aromatic heterocycles. The molecule has 2 fully saturated rings. The van der Waals surface area contributed by atoms with E-state index in [-0.39, 0.29) is 0 Å². The minimum atomic E-state index is 0.823. The van der Waals surface area contributed by atoms with Crippen LogP contribution in [-0.2, 0) is 0 Å². The normalized spacial score (nSPS) is 40.1. The van der Waals surface area contributed by atoms with Gasteiger partial charge >= 0.3 is 0 Å². The predicted octanol–water partition coefficient (Wildman–Crippen LogP) is 3.83. The Morgan fingerprint density at radius 2 is 1.81 bits per heavy atom. The van der Waals surface area contributed by atoms with Crippen molar-refractivity contribution in [2.24, 2.45) is 5.92 Å². The molecular formula is C14H27NS. The molecule has 1 nitrogen and oxygen atoms in total. The lowest BCUT2D eigenvalue weighted by molar-refractivity contribution is 0.288. The molecule has 0 spiro atoms. The number of rotatable bonds is 4. The summed E-state index contributed by atoms with van der Waals surface area (Å²) >= 11 is 2.17. The fourth-order valence-electron chi connectivity index (χ4n) is 3.26. The highest BCUT2D eigenvalue weighted by Gasteiger charge is 2.29. The van der Waals surface area contributed by atoms with E-state index in [2.05, 4.69) is 30.9 Å². The monoisotopic (exact) mass is 241 g/mol. The molecule has 16 heavy (non-hydrogen) atoms. The summed E-state index contributed by atoms with van der Waals surface area (Å²) < 4.78 is 0. The van der Waals surface area contributed by atoms with Gasteiger partial charge in [0.2, 0.25) is 0 Å². The Hall–Kier alpha value is 0.310. The van der Waals surface area contributed by atoms with Gasteiger partial charge in [0.25, 0.3) is 0 Å². The molecule has 2 aliphatic carbocycles. The molecule has 1 N–H and O–H groups in total. The summed E-state index contributed by atoms with van der Waals surface area (Å²) in [4.78, 5) is 0. The smallest absolute Gasteiger partial charge is 0.0201 e. The molecule has 0 radical (unpaired) electrons. The van der Waals surface area contributed by atoms with Crippen LogP contribution in [0.5, 0.6) is 0 Å². The van der Waals surface area contributed by atoms with Crippen molar-refractivity contribution in [2.45, 2.75) is 76.1 Å². The van der Waals surface area contributed by atoms with Crippen LogP contribution in [0.4, 0.5) is 0 Å². The molecule has 2 rings (SSSR count). The van der Waals surface area contributed by atoms with Gasteiger partial charge in [-0.05, 0) is 50.2 Å². The van der Waals surface area contributed by atoms with Crippen LogP contribution in [0.25, 0.3) is 0 Å². The third kappa shape index (κ3) is 3.40. The summed E-state index contributed by atoms with van der Waals surface area (Å²) in [7, 11) is 0. The molecule has 0 aromatic rings. The molecule has 0 heterocycles. The van der Waals surface area contributed by atoms with E-state index < -0.39 is 0 Å². The first kappa shape index (κ1) is 12.8. The van der Waals surface area contributed by atoms with Crippen molar-refractivity contribution in [3.63, 3.8) is 0 Å². The quantitative estimate of drug-likeness (QED) is 0.803. The third-order valence-electron chi connectivity index (χ3n) is 4.30. The van der Waals surface area contributed by atoms with E-state index in [1.165, 1.54) is 50.7 Å². The van der Waals surface area contributed by atoms with Gasteiger partial charge in [-0.3, -0.25) is 0 Å². The Morgan fingerprint density at radius 1 is 1.06 bits per heavy atom. The zero-order valence-corrected chi connectivity index (χ0v) is 11.7. The van der Waals surface area contributed by atoms with Crippen LogP contribution < -0.4 is 5.32 Å². The van der Waals surface area contributed by atoms with Crippen LogP contribution in [0, 0.1) is 5.92 Å². The molecule has 94 valence electrons. The van der Waals surface area contributed by atoms with E-state index in [0.29, 0.717) is 0 Å². The summed E-state index contributed by atoms with van der Waals surface area (Å²) in [5.41, 5.74) is 0. The molecular weight excluding hydrogens is 214 g/mol. The first-order chi connectivity index (χ1) is 7.79. The lowest BCUT2D eigenvalue weighted by Crippen LogP contribution is -2.43. The Labute approximate surface area is 105 Å². The molecule has 0 aromatic carbocycles. The molecule has 0 amide bonds. The molecule has 2 heteroatoms. The van der Waals surface area contributed by atoms with E-state index in [1.54, 1.807) is 0 Å². The summed E-state index contributed by atoms with van der Waals surface area (Å²) in [6, 6.07) is 1.66. The van der Waals surface area contributed by atoms with Crippen molar-refractivity contribution in [3.8, 4) is 0 Å². The summed E-state index contributed by atoms with van der Waals surface area (Å²) in [6.07, 6.45) is 10.0. The summed E-state index contributed by atoms with van der Waals surface area (Å²) in [6.45, 7) is 4.70. The van der Waals surface area contributed by atoms with Crippen molar-refractivity contribution < 1.29 is 0 Å². The number of thioether (sulfide) groups is 1. The van der Waals surface area contributed by atoms with Gasteiger partial charge in [0.15, 0.2) is 0 Å². The van der Waals surface area contributed by atoms with E-state index in [4.69, 9.17) is 0 Å². The van der Waals surface area contributed by atoms with Gasteiger partial charge in [-0.25, -0.2) is 0 Å². The average molecular weight is 241 g/mol. The molecule has 2 atom stereocenters. The molecule has 0 bridgehead atoms. The molecule has 2 saturated carbocycles. The highest BCUT2D eigenvalue weighted by atomic mass is 32.2. The standard InChI is InChI=1S/C14H27NS/c1-3-16-14-6-4-5-13(14)15-12-9-7-11(2)8-10-12/h11-15H,3-10H2,1-2H3. The Bertz CT molecular complexity index is 199. The minimum Gasteiger partial charge on any atom is -0.310 e. The fraction of sp³-hybridized carbons (Fsp3) is 1.00. The molecule has 2 unspecified atom stereocenters. The van der Waals surface area contributed by atoms with Crippen molar-refractivity contribution in [1.29, 1.82) is 0 Å². The Kier molecular flexibility index (Phi) is 5.02. The van der Waals surface area contributed by atoms with Crippen LogP contribution in [0.3, 0.4) is 0 Å². The lowest BCUT2D eigenvalue weighted by atomic mass is 9.87. The molecule has 2 aliphatic rings. The second kappa shape index (κ2) is 6.30. The van der Waals surface area contributed by atoms with Gasteiger partial charge in [-0.15, -0.1) is 0 Å². The van der Waals surface area contributed by atoms with Gasteiger partial charge in [0.05, 0.1) is 0 Å². The van der Waals surface area contributed by atoms with E-state index in [0.717, 1.165) is 23.3 Å². The number of hydrogen-bond donors (Lipinski definition) is 1. The Morgan fingerprint density at radius 3 is 2.50 bits per heavy atom. The average Bonchev–Trinajstić information content (AvgIpc) is 2.70. The van der Waals surface area contributed by atoms with Crippen molar-refractivity contribution in [2.75, 3.05) is 5.75 Å². The van der Waals surface area contributed by atoms with Crippen molar-refractivity contribution in [3.05, 3.63) is 0 Å². The maximum absolute atomic E-state index is 3.95. The lowest BCUT2D eigenvalue weighted by Gasteiger charge is -2.31. The second-order valence-corrected chi connectivity index (χ2v) is 7.17. The molecule has 0 saturated heterocycles. The zero-order chi connectivity index (χ0) is 11.4. The highest BCUT2D eigenvalue weighted by molar-refractivity contribution is 7.99.